The molecule has 1 N–H and O–H groups in total. The third-order valence-electron chi connectivity index (χ3n) is 2.44. The summed E-state index contributed by atoms with van der Waals surface area (Å²) in [4.78, 5) is 18.3. The molecule has 0 fully saturated rings. The number of ether oxygens (including phenoxy) is 2. The number of nitrogens with zero attached hydrogens (tertiary/aromatic N) is 3. The van der Waals surface area contributed by atoms with E-state index in [1.165, 1.54) is 37.7 Å². The second-order valence-electron chi connectivity index (χ2n) is 3.69. The van der Waals surface area contributed by atoms with Crippen molar-refractivity contribution in [3.63, 3.8) is 0 Å². The van der Waals surface area contributed by atoms with E-state index in [-0.39, 0.29) is 17.3 Å². The molecule has 104 valence electrons. The van der Waals surface area contributed by atoms with Gasteiger partial charge in [0.1, 0.15) is 5.82 Å². The zero-order valence-corrected chi connectivity index (χ0v) is 10.9. The lowest BCUT2D eigenvalue weighted by Gasteiger charge is -2.09. The molecule has 2 rings (SSSR count). The summed E-state index contributed by atoms with van der Waals surface area (Å²) in [5, 5.41) is 13.6. The van der Waals surface area contributed by atoms with Crippen LogP contribution in [0.5, 0.6) is 17.4 Å². The zero-order valence-electron chi connectivity index (χ0n) is 10.9. The third kappa shape index (κ3) is 2.91. The Morgan fingerprint density at radius 3 is 2.75 bits per heavy atom. The smallest absolute Gasteiger partial charge is 0.273 e. The van der Waals surface area contributed by atoms with Crippen LogP contribution >= 0.6 is 0 Å². The van der Waals surface area contributed by atoms with Crippen LogP contribution in [0.1, 0.15) is 0 Å². The Labute approximate surface area is 114 Å². The average molecular weight is 276 g/mol. The summed E-state index contributed by atoms with van der Waals surface area (Å²) in [7, 11) is 3.14. The van der Waals surface area contributed by atoms with Gasteiger partial charge in [-0.3, -0.25) is 15.1 Å². The molecule has 8 nitrogen and oxygen atoms in total. The molecular weight excluding hydrogens is 264 g/mol. The summed E-state index contributed by atoms with van der Waals surface area (Å²) in [6.07, 6.45) is 2.93. The first-order valence-corrected chi connectivity index (χ1v) is 5.64. The molecule has 1 heterocycles. The minimum atomic E-state index is -0.512. The number of methoxy groups -OCH3 is 1. The summed E-state index contributed by atoms with van der Waals surface area (Å²) < 4.78 is 10.6. The highest BCUT2D eigenvalue weighted by Gasteiger charge is 2.14. The van der Waals surface area contributed by atoms with Crippen LogP contribution in [0.4, 0.5) is 11.5 Å². The molecule has 20 heavy (non-hydrogen) atoms. The van der Waals surface area contributed by atoms with Crippen molar-refractivity contribution in [1.82, 2.24) is 9.97 Å². The van der Waals surface area contributed by atoms with Crippen molar-refractivity contribution in [3.05, 3.63) is 40.7 Å². The van der Waals surface area contributed by atoms with Gasteiger partial charge < -0.3 is 14.8 Å². The van der Waals surface area contributed by atoms with E-state index in [9.17, 15) is 10.1 Å². The fourth-order valence-electron chi connectivity index (χ4n) is 1.49. The van der Waals surface area contributed by atoms with Crippen LogP contribution in [0.15, 0.2) is 30.6 Å². The van der Waals surface area contributed by atoms with Gasteiger partial charge in [-0.05, 0) is 6.07 Å². The molecular formula is C12H12N4O4. The van der Waals surface area contributed by atoms with E-state index < -0.39 is 4.92 Å². The molecule has 0 spiro atoms. The van der Waals surface area contributed by atoms with Crippen LogP contribution in [-0.2, 0) is 0 Å². The van der Waals surface area contributed by atoms with Crippen molar-refractivity contribution in [3.8, 4) is 17.4 Å². The Bertz CT molecular complexity index is 633. The van der Waals surface area contributed by atoms with E-state index >= 15 is 0 Å². The number of benzene rings is 1. The summed E-state index contributed by atoms with van der Waals surface area (Å²) in [6, 6.07) is 4.07. The molecule has 0 radical (unpaired) electrons. The predicted molar refractivity (Wildman–Crippen MR) is 71.3 cm³/mol. The molecule has 0 aliphatic rings. The van der Waals surface area contributed by atoms with Crippen molar-refractivity contribution in [1.29, 1.82) is 0 Å². The van der Waals surface area contributed by atoms with Gasteiger partial charge in [0.2, 0.25) is 5.88 Å². The molecule has 0 saturated carbocycles. The third-order valence-corrected chi connectivity index (χ3v) is 2.44. The second kappa shape index (κ2) is 5.83. The number of non-ortho nitro benzene ring substituents is 1. The Morgan fingerprint density at radius 2 is 2.10 bits per heavy atom. The van der Waals surface area contributed by atoms with Gasteiger partial charge in [0.15, 0.2) is 11.5 Å². The number of hydrogen-bond acceptors (Lipinski definition) is 7. The summed E-state index contributed by atoms with van der Waals surface area (Å²) >= 11 is 0. The predicted octanol–water partition coefficient (Wildman–Crippen LogP) is 2.23. The summed E-state index contributed by atoms with van der Waals surface area (Å²) in [6.45, 7) is 0. The fourth-order valence-corrected chi connectivity index (χ4v) is 1.49. The van der Waals surface area contributed by atoms with E-state index in [4.69, 9.17) is 9.47 Å². The Morgan fingerprint density at radius 1 is 1.30 bits per heavy atom. The largest absolute Gasteiger partial charge is 0.493 e. The van der Waals surface area contributed by atoms with E-state index in [0.29, 0.717) is 11.6 Å². The van der Waals surface area contributed by atoms with Gasteiger partial charge in [0.25, 0.3) is 5.69 Å². The maximum Gasteiger partial charge on any atom is 0.273 e. The Kier molecular flexibility index (Phi) is 3.94. The van der Waals surface area contributed by atoms with Crippen LogP contribution in [0.3, 0.4) is 0 Å². The molecule has 0 bridgehead atoms. The average Bonchev–Trinajstić information content (AvgIpc) is 2.47. The Hall–Kier alpha value is -2.90. The van der Waals surface area contributed by atoms with Crippen molar-refractivity contribution in [2.24, 2.45) is 0 Å². The molecule has 2 aromatic rings. The number of nitrogens with one attached hydrogen (secondary N) is 1. The number of anilines is 1. The first kappa shape index (κ1) is 13.5. The van der Waals surface area contributed by atoms with E-state index in [1.54, 1.807) is 7.05 Å². The topological polar surface area (TPSA) is 99.4 Å². The lowest BCUT2D eigenvalue weighted by molar-refractivity contribution is -0.384. The van der Waals surface area contributed by atoms with Crippen LogP contribution in [0.25, 0.3) is 0 Å². The van der Waals surface area contributed by atoms with Gasteiger partial charge in [-0.25, -0.2) is 0 Å². The van der Waals surface area contributed by atoms with Gasteiger partial charge in [-0.1, -0.05) is 0 Å². The number of hydrogen-bond donors (Lipinski definition) is 1. The highest BCUT2D eigenvalue weighted by molar-refractivity contribution is 5.50. The highest BCUT2D eigenvalue weighted by Crippen LogP contribution is 2.34. The lowest BCUT2D eigenvalue weighted by atomic mass is 10.3. The molecule has 0 amide bonds. The van der Waals surface area contributed by atoms with E-state index in [2.05, 4.69) is 15.3 Å². The molecule has 0 atom stereocenters. The van der Waals surface area contributed by atoms with Crippen molar-refractivity contribution >= 4 is 11.5 Å². The zero-order chi connectivity index (χ0) is 14.5. The quantitative estimate of drug-likeness (QED) is 0.660. The first-order valence-electron chi connectivity index (χ1n) is 5.64. The molecule has 1 aromatic carbocycles. The van der Waals surface area contributed by atoms with Crippen molar-refractivity contribution in [2.75, 3.05) is 19.5 Å². The summed E-state index contributed by atoms with van der Waals surface area (Å²) in [5.41, 5.74) is -0.0986. The molecule has 0 aliphatic carbocycles. The minimum absolute atomic E-state index is 0.0986. The lowest BCUT2D eigenvalue weighted by Crippen LogP contribution is -1.98. The molecule has 0 saturated heterocycles. The van der Waals surface area contributed by atoms with Crippen molar-refractivity contribution in [2.45, 2.75) is 0 Å². The maximum absolute atomic E-state index is 10.8. The van der Waals surface area contributed by atoms with Crippen LogP contribution < -0.4 is 14.8 Å². The van der Waals surface area contributed by atoms with Crippen molar-refractivity contribution < 1.29 is 14.4 Å². The molecule has 0 unspecified atom stereocenters. The first-order chi connectivity index (χ1) is 9.63. The minimum Gasteiger partial charge on any atom is -0.493 e. The number of nitro benzene ring substituents is 1. The number of rotatable bonds is 5. The Balaban J connectivity index is 2.35. The summed E-state index contributed by atoms with van der Waals surface area (Å²) in [5.74, 6) is 1.29. The van der Waals surface area contributed by atoms with Crippen LogP contribution in [0, 0.1) is 10.1 Å². The van der Waals surface area contributed by atoms with Gasteiger partial charge >= 0.3 is 0 Å². The van der Waals surface area contributed by atoms with Crippen LogP contribution in [-0.4, -0.2) is 29.0 Å². The number of nitro groups is 1. The van der Waals surface area contributed by atoms with Gasteiger partial charge in [-0.2, -0.15) is 4.98 Å². The second-order valence-corrected chi connectivity index (χ2v) is 3.69. The van der Waals surface area contributed by atoms with E-state index in [0.717, 1.165) is 0 Å². The van der Waals surface area contributed by atoms with Crippen LogP contribution in [0.2, 0.25) is 0 Å². The number of aromatic nitrogens is 2. The fraction of sp³-hybridized carbons (Fsp3) is 0.167. The monoisotopic (exact) mass is 276 g/mol. The molecule has 8 heteroatoms. The maximum atomic E-state index is 10.8. The van der Waals surface area contributed by atoms with E-state index in [1.807, 2.05) is 0 Å². The molecule has 0 aliphatic heterocycles. The highest BCUT2D eigenvalue weighted by atomic mass is 16.6. The standard InChI is InChI=1S/C12H12N4O4/c1-13-11-6-14-7-12(15-11)20-10-5-8(16(17)18)3-4-9(10)19-2/h3-7H,1-2H3,(H,13,15). The normalized spacial score (nSPS) is 9.90. The van der Waals surface area contributed by atoms with Gasteiger partial charge in [-0.15, -0.1) is 0 Å². The molecule has 1 aromatic heterocycles. The van der Waals surface area contributed by atoms with Gasteiger partial charge in [0.05, 0.1) is 30.5 Å². The SMILES string of the molecule is CNc1cncc(Oc2cc([N+](=O)[O-])ccc2OC)n1. The van der Waals surface area contributed by atoms with Gasteiger partial charge in [0, 0.05) is 13.1 Å².